The second-order valence-electron chi connectivity index (χ2n) is 3.83. The van der Waals surface area contributed by atoms with E-state index in [9.17, 15) is 14.0 Å². The lowest BCUT2D eigenvalue weighted by molar-refractivity contribution is -0.118. The number of amides is 1. The molecule has 1 aromatic heterocycles. The van der Waals surface area contributed by atoms with Crippen LogP contribution in [0.2, 0.25) is 0 Å². The number of carboxylic acids is 1. The van der Waals surface area contributed by atoms with Gasteiger partial charge in [-0.1, -0.05) is 6.07 Å². The predicted molar refractivity (Wildman–Crippen MR) is 69.5 cm³/mol. The fourth-order valence-electron chi connectivity index (χ4n) is 1.50. The first-order valence-corrected chi connectivity index (χ1v) is 5.79. The van der Waals surface area contributed by atoms with Crippen LogP contribution in [0.4, 0.5) is 10.3 Å². The molecule has 0 unspecified atom stereocenters. The van der Waals surface area contributed by atoms with E-state index in [1.807, 2.05) is 0 Å². The molecule has 0 aliphatic heterocycles. The van der Waals surface area contributed by atoms with Gasteiger partial charge in [-0.05, 0) is 18.2 Å². The Bertz CT molecular complexity index is 664. The number of nitrogens with zero attached hydrogens (tertiary/aromatic N) is 2. The van der Waals surface area contributed by atoms with Gasteiger partial charge in [0, 0.05) is 12.4 Å². The van der Waals surface area contributed by atoms with E-state index in [0.29, 0.717) is 0 Å². The first-order chi connectivity index (χ1) is 10.1. The Morgan fingerprint density at radius 1 is 1.24 bits per heavy atom. The van der Waals surface area contributed by atoms with Gasteiger partial charge in [0.1, 0.15) is 17.1 Å². The third-order valence-electron chi connectivity index (χ3n) is 2.37. The van der Waals surface area contributed by atoms with Crippen LogP contribution >= 0.6 is 0 Å². The van der Waals surface area contributed by atoms with E-state index in [0.717, 1.165) is 6.07 Å². The van der Waals surface area contributed by atoms with Crippen LogP contribution in [0.5, 0.6) is 5.75 Å². The summed E-state index contributed by atoms with van der Waals surface area (Å²) in [5, 5.41) is 11.3. The zero-order valence-electron chi connectivity index (χ0n) is 10.6. The summed E-state index contributed by atoms with van der Waals surface area (Å²) in [7, 11) is 0. The molecule has 0 radical (unpaired) electrons. The van der Waals surface area contributed by atoms with Crippen LogP contribution in [0.3, 0.4) is 0 Å². The van der Waals surface area contributed by atoms with Gasteiger partial charge in [-0.25, -0.2) is 19.2 Å². The molecule has 1 amide bonds. The molecule has 0 aliphatic carbocycles. The Morgan fingerprint density at radius 3 is 2.62 bits per heavy atom. The normalized spacial score (nSPS) is 9.95. The molecule has 7 nitrogen and oxygen atoms in total. The summed E-state index contributed by atoms with van der Waals surface area (Å²) in [6, 6.07) is 5.13. The van der Waals surface area contributed by atoms with Crippen LogP contribution in [0.25, 0.3) is 0 Å². The van der Waals surface area contributed by atoms with Crippen LogP contribution in [0.15, 0.2) is 36.7 Å². The van der Waals surface area contributed by atoms with Gasteiger partial charge >= 0.3 is 5.97 Å². The van der Waals surface area contributed by atoms with E-state index in [2.05, 4.69) is 15.3 Å². The number of nitrogens with one attached hydrogen (secondary N) is 1. The maximum absolute atomic E-state index is 13.4. The molecule has 2 N–H and O–H groups in total. The number of hydrogen-bond acceptors (Lipinski definition) is 5. The summed E-state index contributed by atoms with van der Waals surface area (Å²) >= 11 is 0. The zero-order valence-corrected chi connectivity index (χ0v) is 10.6. The molecule has 8 heteroatoms. The molecule has 0 spiro atoms. The van der Waals surface area contributed by atoms with Gasteiger partial charge in [0.2, 0.25) is 5.95 Å². The van der Waals surface area contributed by atoms with Crippen LogP contribution in [0.1, 0.15) is 10.4 Å². The molecule has 1 heterocycles. The SMILES string of the molecule is O=C(COc1cccc(F)c1C(=O)O)Nc1ncccn1. The molecule has 0 bridgehead atoms. The lowest BCUT2D eigenvalue weighted by Gasteiger charge is -2.09. The molecule has 0 atom stereocenters. The summed E-state index contributed by atoms with van der Waals surface area (Å²) in [6.07, 6.45) is 2.89. The van der Waals surface area contributed by atoms with Gasteiger partial charge in [0.25, 0.3) is 5.91 Å². The minimum Gasteiger partial charge on any atom is -0.483 e. The highest BCUT2D eigenvalue weighted by atomic mass is 19.1. The van der Waals surface area contributed by atoms with Crippen LogP contribution < -0.4 is 10.1 Å². The standard InChI is InChI=1S/C13H10FN3O4/c14-8-3-1-4-9(11(8)12(19)20)21-7-10(18)17-13-15-5-2-6-16-13/h1-6H,7H2,(H,19,20)(H,15,16,17,18). The first-order valence-electron chi connectivity index (χ1n) is 5.79. The molecule has 0 aliphatic rings. The number of carbonyl (C=O) groups is 2. The lowest BCUT2D eigenvalue weighted by Crippen LogP contribution is -2.22. The third kappa shape index (κ3) is 3.72. The molecule has 0 saturated heterocycles. The van der Waals surface area contributed by atoms with Crippen molar-refractivity contribution in [3.63, 3.8) is 0 Å². The van der Waals surface area contributed by atoms with Crippen LogP contribution in [-0.4, -0.2) is 33.6 Å². The molecule has 2 aromatic rings. The Balaban J connectivity index is 2.02. The average Bonchev–Trinajstić information content (AvgIpc) is 2.45. The maximum Gasteiger partial charge on any atom is 0.342 e. The van der Waals surface area contributed by atoms with E-state index in [-0.39, 0.29) is 11.7 Å². The summed E-state index contributed by atoms with van der Waals surface area (Å²) in [5.41, 5.74) is -0.624. The fraction of sp³-hybridized carbons (Fsp3) is 0.0769. The van der Waals surface area contributed by atoms with Crippen molar-refractivity contribution in [2.24, 2.45) is 0 Å². The Morgan fingerprint density at radius 2 is 1.95 bits per heavy atom. The number of carbonyl (C=O) groups excluding carboxylic acids is 1. The van der Waals surface area contributed by atoms with Crippen LogP contribution in [0, 0.1) is 5.82 Å². The number of hydrogen-bond donors (Lipinski definition) is 2. The summed E-state index contributed by atoms with van der Waals surface area (Å²) in [4.78, 5) is 30.1. The highest BCUT2D eigenvalue weighted by Crippen LogP contribution is 2.21. The van der Waals surface area contributed by atoms with Gasteiger partial charge in [-0.2, -0.15) is 0 Å². The van der Waals surface area contributed by atoms with Crippen molar-refractivity contribution in [3.05, 3.63) is 48.0 Å². The minimum atomic E-state index is -1.48. The van der Waals surface area contributed by atoms with Gasteiger partial charge < -0.3 is 9.84 Å². The highest BCUT2D eigenvalue weighted by Gasteiger charge is 2.17. The highest BCUT2D eigenvalue weighted by molar-refractivity contribution is 5.92. The largest absolute Gasteiger partial charge is 0.483 e. The van der Waals surface area contributed by atoms with Gasteiger partial charge in [0.05, 0.1) is 0 Å². The third-order valence-corrected chi connectivity index (χ3v) is 2.37. The van der Waals surface area contributed by atoms with Crippen molar-refractivity contribution in [1.29, 1.82) is 0 Å². The molecule has 21 heavy (non-hydrogen) atoms. The molecule has 2 rings (SSSR count). The Kier molecular flexibility index (Phi) is 4.39. The van der Waals surface area contributed by atoms with Gasteiger partial charge in [-0.3, -0.25) is 10.1 Å². The lowest BCUT2D eigenvalue weighted by atomic mass is 10.2. The molecule has 108 valence electrons. The quantitative estimate of drug-likeness (QED) is 0.861. The summed E-state index contributed by atoms with van der Waals surface area (Å²) in [6.45, 7) is -0.498. The average molecular weight is 291 g/mol. The van der Waals surface area contributed by atoms with Crippen molar-refractivity contribution in [2.75, 3.05) is 11.9 Å². The van der Waals surface area contributed by atoms with Crippen molar-refractivity contribution in [1.82, 2.24) is 9.97 Å². The fourth-order valence-corrected chi connectivity index (χ4v) is 1.50. The van der Waals surface area contributed by atoms with E-state index >= 15 is 0 Å². The topological polar surface area (TPSA) is 101 Å². The number of aromatic carboxylic acids is 1. The van der Waals surface area contributed by atoms with Crippen molar-refractivity contribution in [3.8, 4) is 5.75 Å². The van der Waals surface area contributed by atoms with Crippen molar-refractivity contribution < 1.29 is 23.8 Å². The molecule has 1 aromatic carbocycles. The van der Waals surface area contributed by atoms with Crippen molar-refractivity contribution in [2.45, 2.75) is 0 Å². The number of carboxylic acid groups (broad SMARTS) is 1. The first kappa shape index (κ1) is 14.4. The molecular formula is C13H10FN3O4. The summed E-state index contributed by atoms with van der Waals surface area (Å²) in [5.74, 6) is -3.15. The zero-order chi connectivity index (χ0) is 15.2. The maximum atomic E-state index is 13.4. The second-order valence-corrected chi connectivity index (χ2v) is 3.83. The smallest absolute Gasteiger partial charge is 0.342 e. The predicted octanol–water partition coefficient (Wildman–Crippen LogP) is 1.33. The molecule has 0 saturated carbocycles. The van der Waals surface area contributed by atoms with E-state index in [4.69, 9.17) is 9.84 Å². The second kappa shape index (κ2) is 6.42. The van der Waals surface area contributed by atoms with E-state index in [1.54, 1.807) is 6.07 Å². The van der Waals surface area contributed by atoms with Crippen LogP contribution in [-0.2, 0) is 4.79 Å². The molecule has 0 fully saturated rings. The molecular weight excluding hydrogens is 281 g/mol. The number of rotatable bonds is 5. The monoisotopic (exact) mass is 291 g/mol. The minimum absolute atomic E-state index is 0.0869. The van der Waals surface area contributed by atoms with Crippen molar-refractivity contribution >= 4 is 17.8 Å². The summed E-state index contributed by atoms with van der Waals surface area (Å²) < 4.78 is 18.4. The number of halogens is 1. The van der Waals surface area contributed by atoms with E-state index in [1.165, 1.54) is 24.5 Å². The Hall–Kier alpha value is -3.03. The number of benzene rings is 1. The number of ether oxygens (including phenoxy) is 1. The number of aromatic nitrogens is 2. The number of anilines is 1. The Labute approximate surface area is 118 Å². The van der Waals surface area contributed by atoms with Gasteiger partial charge in [0.15, 0.2) is 6.61 Å². The van der Waals surface area contributed by atoms with Gasteiger partial charge in [-0.15, -0.1) is 0 Å². The van der Waals surface area contributed by atoms with E-state index < -0.39 is 29.9 Å².